The van der Waals surface area contributed by atoms with Crippen LogP contribution in [0, 0.1) is 0 Å². The van der Waals surface area contributed by atoms with Gasteiger partial charge in [0.15, 0.2) is 5.82 Å². The van der Waals surface area contributed by atoms with Crippen molar-refractivity contribution in [3.05, 3.63) is 85.6 Å². The Hall–Kier alpha value is -4.07. The molecule has 0 radical (unpaired) electrons. The summed E-state index contributed by atoms with van der Waals surface area (Å²) in [5.41, 5.74) is 10.1. The number of fused-ring (bicyclic) bond motifs is 5. The van der Waals surface area contributed by atoms with Gasteiger partial charge in [-0.3, -0.25) is 9.59 Å². The maximum absolute atomic E-state index is 13.8. The number of pyridine rings is 1. The van der Waals surface area contributed by atoms with Gasteiger partial charge in [-0.25, -0.2) is 9.67 Å². The Balaban J connectivity index is 1.77. The summed E-state index contributed by atoms with van der Waals surface area (Å²) in [5.74, 6) is 1.59. The quantitative estimate of drug-likeness (QED) is 0.448. The fourth-order valence-electron chi connectivity index (χ4n) is 5.34. The zero-order valence-electron chi connectivity index (χ0n) is 19.0. The molecule has 2 aromatic carbocycles. The molecule has 2 aliphatic rings. The van der Waals surface area contributed by atoms with Crippen LogP contribution in [0.3, 0.4) is 0 Å². The van der Waals surface area contributed by atoms with Crippen molar-refractivity contribution in [2.24, 2.45) is 0 Å². The van der Waals surface area contributed by atoms with Crippen molar-refractivity contribution in [3.8, 4) is 17.3 Å². The number of anilines is 1. The number of nitrogens with zero attached hydrogens (tertiary/aromatic N) is 3. The van der Waals surface area contributed by atoms with Gasteiger partial charge in [-0.05, 0) is 61.1 Å². The zero-order chi connectivity index (χ0) is 23.6. The fraction of sp³-hybridized carbons (Fsp3) is 0.269. The molecule has 0 saturated carbocycles. The highest BCUT2D eigenvalue weighted by Gasteiger charge is 2.38. The van der Waals surface area contributed by atoms with Crippen molar-refractivity contribution in [1.82, 2.24) is 14.3 Å². The molecular weight excluding hydrogens is 432 g/mol. The molecule has 172 valence electrons. The van der Waals surface area contributed by atoms with Crippen molar-refractivity contribution < 1.29 is 9.47 Å². The van der Waals surface area contributed by atoms with E-state index in [9.17, 15) is 9.59 Å². The first-order chi connectivity index (χ1) is 16.5. The molecule has 0 fully saturated rings. The van der Waals surface area contributed by atoms with Gasteiger partial charge in [-0.15, -0.1) is 0 Å². The number of rotatable bonds is 3. The summed E-state index contributed by atoms with van der Waals surface area (Å²) in [6.07, 6.45) is 3.69. The third-order valence-corrected chi connectivity index (χ3v) is 6.95. The van der Waals surface area contributed by atoms with E-state index in [1.54, 1.807) is 44.6 Å². The van der Waals surface area contributed by atoms with Crippen LogP contribution >= 0.6 is 0 Å². The molecule has 2 aromatic heterocycles. The summed E-state index contributed by atoms with van der Waals surface area (Å²) in [6, 6.07) is 11.7. The number of nitrogen functional groups attached to an aromatic ring is 1. The molecule has 1 unspecified atom stereocenters. The first kappa shape index (κ1) is 20.5. The van der Waals surface area contributed by atoms with Gasteiger partial charge in [0.1, 0.15) is 17.5 Å². The topological polar surface area (TPSA) is 101 Å². The van der Waals surface area contributed by atoms with Gasteiger partial charge < -0.3 is 15.2 Å². The Kier molecular flexibility index (Phi) is 4.52. The van der Waals surface area contributed by atoms with Crippen molar-refractivity contribution in [2.75, 3.05) is 20.0 Å². The van der Waals surface area contributed by atoms with E-state index < -0.39 is 6.04 Å². The molecule has 0 amide bonds. The van der Waals surface area contributed by atoms with E-state index in [4.69, 9.17) is 20.2 Å². The first-order valence-electron chi connectivity index (χ1n) is 11.3. The Bertz CT molecular complexity index is 1580. The molecule has 6 rings (SSSR count). The minimum Gasteiger partial charge on any atom is -0.497 e. The highest BCUT2D eigenvalue weighted by Crippen LogP contribution is 2.43. The summed E-state index contributed by atoms with van der Waals surface area (Å²) in [7, 11) is 3.15. The van der Waals surface area contributed by atoms with E-state index >= 15 is 0 Å². The Morgan fingerprint density at radius 1 is 0.941 bits per heavy atom. The molecule has 0 bridgehead atoms. The number of hydrogen-bond donors (Lipinski definition) is 1. The second-order valence-corrected chi connectivity index (χ2v) is 8.76. The van der Waals surface area contributed by atoms with E-state index in [1.165, 1.54) is 9.36 Å². The number of benzene rings is 2. The van der Waals surface area contributed by atoms with Crippen LogP contribution in [0.1, 0.15) is 41.3 Å². The van der Waals surface area contributed by atoms with Crippen molar-refractivity contribution in [1.29, 1.82) is 0 Å². The monoisotopic (exact) mass is 456 g/mol. The molecule has 4 aromatic rings. The lowest BCUT2D eigenvalue weighted by atomic mass is 9.89. The second kappa shape index (κ2) is 7.48. The van der Waals surface area contributed by atoms with Gasteiger partial charge in [0.2, 0.25) is 0 Å². The Labute approximate surface area is 195 Å². The van der Waals surface area contributed by atoms with Gasteiger partial charge in [0, 0.05) is 23.0 Å². The number of nitrogens with two attached hydrogens (primary N) is 1. The van der Waals surface area contributed by atoms with Crippen LogP contribution in [-0.4, -0.2) is 28.6 Å². The average molecular weight is 457 g/mol. The molecule has 8 nitrogen and oxygen atoms in total. The highest BCUT2D eigenvalue weighted by atomic mass is 16.5. The largest absolute Gasteiger partial charge is 0.497 e. The van der Waals surface area contributed by atoms with Crippen LogP contribution in [0.5, 0.6) is 11.5 Å². The molecule has 34 heavy (non-hydrogen) atoms. The highest BCUT2D eigenvalue weighted by molar-refractivity contribution is 5.81. The van der Waals surface area contributed by atoms with Crippen LogP contribution in [-0.2, 0) is 12.8 Å². The van der Waals surface area contributed by atoms with Crippen molar-refractivity contribution in [2.45, 2.75) is 31.7 Å². The molecule has 1 aliphatic carbocycles. The summed E-state index contributed by atoms with van der Waals surface area (Å²) < 4.78 is 13.9. The predicted octanol–water partition coefficient (Wildman–Crippen LogP) is 2.98. The Morgan fingerprint density at radius 2 is 1.59 bits per heavy atom. The number of hydrogen-bond acceptors (Lipinski definition) is 6. The molecule has 0 spiro atoms. The van der Waals surface area contributed by atoms with Crippen molar-refractivity contribution in [3.63, 3.8) is 0 Å². The average Bonchev–Trinajstić information content (AvgIpc) is 3.23. The van der Waals surface area contributed by atoms with Gasteiger partial charge in [-0.2, -0.15) is 4.68 Å². The minimum absolute atomic E-state index is 0.280. The molecule has 0 saturated heterocycles. The smallest absolute Gasteiger partial charge is 0.279 e. The van der Waals surface area contributed by atoms with E-state index in [2.05, 4.69) is 0 Å². The number of methoxy groups -OCH3 is 2. The predicted molar refractivity (Wildman–Crippen MR) is 129 cm³/mol. The number of aryl methyl sites for hydroxylation is 1. The lowest BCUT2D eigenvalue weighted by Gasteiger charge is -2.22. The van der Waals surface area contributed by atoms with Crippen LogP contribution in [0.25, 0.3) is 16.6 Å². The zero-order valence-corrected chi connectivity index (χ0v) is 19.0. The SMILES string of the molecule is COc1cc(OC)cc(C2c3c(nc4c(c3N)CCCC4)-n3c(=O)c4ccccc4c(=O)n32)c1. The first-order valence-corrected chi connectivity index (χ1v) is 11.3. The summed E-state index contributed by atoms with van der Waals surface area (Å²) in [4.78, 5) is 32.5. The van der Waals surface area contributed by atoms with Crippen LogP contribution < -0.4 is 26.3 Å². The summed E-state index contributed by atoms with van der Waals surface area (Å²) in [5, 5.41) is 0.719. The van der Waals surface area contributed by atoms with Gasteiger partial charge in [-0.1, -0.05) is 12.1 Å². The molecule has 8 heteroatoms. The van der Waals surface area contributed by atoms with Gasteiger partial charge in [0.25, 0.3) is 11.1 Å². The second-order valence-electron chi connectivity index (χ2n) is 8.76. The summed E-state index contributed by atoms with van der Waals surface area (Å²) >= 11 is 0. The van der Waals surface area contributed by atoms with Gasteiger partial charge in [0.05, 0.1) is 25.0 Å². The van der Waals surface area contributed by atoms with E-state index in [0.29, 0.717) is 39.3 Å². The fourth-order valence-corrected chi connectivity index (χ4v) is 5.34. The standard InChI is InChI=1S/C26H24N4O4/c1-33-15-11-14(12-16(13-15)34-2)23-21-22(27)19-9-5-6-10-20(19)28-24(21)30-26(32)18-8-4-3-7-17(18)25(31)29(23)30/h3-4,7-8,11-13,23H,5-6,9-10H2,1-2H3,(H2,27,28). The van der Waals surface area contributed by atoms with E-state index in [-0.39, 0.29) is 11.1 Å². The van der Waals surface area contributed by atoms with Gasteiger partial charge >= 0.3 is 0 Å². The molecule has 2 N–H and O–H groups in total. The van der Waals surface area contributed by atoms with E-state index in [0.717, 1.165) is 42.5 Å². The Morgan fingerprint density at radius 3 is 2.26 bits per heavy atom. The lowest BCUT2D eigenvalue weighted by molar-refractivity contribution is 0.392. The molecule has 1 atom stereocenters. The minimum atomic E-state index is -0.650. The lowest BCUT2D eigenvalue weighted by Crippen LogP contribution is -2.36. The summed E-state index contributed by atoms with van der Waals surface area (Å²) in [6.45, 7) is 0. The van der Waals surface area contributed by atoms with Crippen molar-refractivity contribution >= 4 is 16.5 Å². The van der Waals surface area contributed by atoms with Crippen LogP contribution in [0.15, 0.2) is 52.1 Å². The molecule has 3 heterocycles. The van der Waals surface area contributed by atoms with Crippen LogP contribution in [0.2, 0.25) is 0 Å². The number of ether oxygens (including phenoxy) is 2. The van der Waals surface area contributed by atoms with E-state index in [1.807, 2.05) is 12.1 Å². The number of aromatic nitrogens is 3. The maximum Gasteiger partial charge on any atom is 0.279 e. The normalized spacial score (nSPS) is 16.1. The molecular formula is C26H24N4O4. The molecule has 1 aliphatic heterocycles. The van der Waals surface area contributed by atoms with Crippen LogP contribution in [0.4, 0.5) is 5.69 Å². The maximum atomic E-state index is 13.8. The third-order valence-electron chi connectivity index (χ3n) is 6.95. The third kappa shape index (κ3) is 2.74.